The van der Waals surface area contributed by atoms with E-state index in [9.17, 15) is 4.79 Å². The summed E-state index contributed by atoms with van der Waals surface area (Å²) in [6, 6.07) is 0. The molecule has 0 N–H and O–H groups in total. The van der Waals surface area contributed by atoms with Gasteiger partial charge in [0.2, 0.25) is 0 Å². The van der Waals surface area contributed by atoms with Gasteiger partial charge in [0.05, 0.1) is 18.6 Å². The molecule has 4 aliphatic rings. The number of allylic oxidation sites excluding steroid dienone is 1. The van der Waals surface area contributed by atoms with Gasteiger partial charge in [-0.2, -0.15) is 0 Å². The van der Waals surface area contributed by atoms with Crippen molar-refractivity contribution in [1.29, 1.82) is 0 Å². The lowest BCUT2D eigenvalue weighted by molar-refractivity contribution is -0.206. The maximum Gasteiger partial charge on any atom is 0.311 e. The molecule has 7 atom stereocenters. The van der Waals surface area contributed by atoms with Crippen LogP contribution in [0.2, 0.25) is 19.6 Å². The summed E-state index contributed by atoms with van der Waals surface area (Å²) >= 11 is 0. The Kier molecular flexibility index (Phi) is 4.75. The molecule has 0 unspecified atom stereocenters. The largest absolute Gasteiger partial charge is 0.469 e. The van der Waals surface area contributed by atoms with Crippen molar-refractivity contribution in [2.24, 2.45) is 34.0 Å². The first-order valence-corrected chi connectivity index (χ1v) is 14.8. The third-order valence-electron chi connectivity index (χ3n) is 9.27. The van der Waals surface area contributed by atoms with Crippen molar-refractivity contribution in [2.45, 2.75) is 91.0 Å². The fourth-order valence-electron chi connectivity index (χ4n) is 8.30. The Labute approximate surface area is 172 Å². The van der Waals surface area contributed by atoms with Crippen LogP contribution in [0.5, 0.6) is 0 Å². The van der Waals surface area contributed by atoms with E-state index >= 15 is 0 Å². The number of fused-ring (bicyclic) bond motifs is 3. The summed E-state index contributed by atoms with van der Waals surface area (Å²) in [6.07, 6.45) is 9.59. The molecule has 158 valence electrons. The maximum absolute atomic E-state index is 13.0. The van der Waals surface area contributed by atoms with Gasteiger partial charge in [0.25, 0.3) is 0 Å². The second-order valence-electron chi connectivity index (χ2n) is 11.9. The summed E-state index contributed by atoms with van der Waals surface area (Å²) in [7, 11) is -0.135. The lowest BCUT2D eigenvalue weighted by atomic mass is 9.40. The third kappa shape index (κ3) is 2.80. The zero-order valence-corrected chi connectivity index (χ0v) is 19.9. The van der Waals surface area contributed by atoms with E-state index in [4.69, 9.17) is 9.16 Å². The van der Waals surface area contributed by atoms with Gasteiger partial charge in [-0.3, -0.25) is 4.79 Å². The highest BCUT2D eigenvalue weighted by atomic mass is 28.4. The summed E-state index contributed by atoms with van der Waals surface area (Å²) in [5.74, 6) is 1.68. The highest BCUT2D eigenvalue weighted by molar-refractivity contribution is 6.69. The fraction of sp³-hybridized carbons (Fsp3) is 0.875. The van der Waals surface area contributed by atoms with Crippen molar-refractivity contribution in [3.63, 3.8) is 0 Å². The molecular weight excluding hydrogens is 364 g/mol. The van der Waals surface area contributed by atoms with Gasteiger partial charge < -0.3 is 9.16 Å². The lowest BCUT2D eigenvalue weighted by Crippen LogP contribution is -2.64. The maximum atomic E-state index is 13.0. The molecule has 0 radical (unpaired) electrons. The number of esters is 1. The molecule has 0 saturated heterocycles. The minimum atomic E-state index is -1.70. The second kappa shape index (κ2) is 6.44. The number of ether oxygens (including phenoxy) is 1. The van der Waals surface area contributed by atoms with Crippen LogP contribution in [-0.2, 0) is 14.0 Å². The van der Waals surface area contributed by atoms with Crippen molar-refractivity contribution in [3.8, 4) is 0 Å². The highest BCUT2D eigenvalue weighted by Crippen LogP contribution is 2.72. The third-order valence-corrected chi connectivity index (χ3v) is 10.3. The summed E-state index contributed by atoms with van der Waals surface area (Å²) in [5, 5.41) is 0. The molecule has 4 heteroatoms. The van der Waals surface area contributed by atoms with E-state index in [1.807, 2.05) is 0 Å². The van der Waals surface area contributed by atoms with Gasteiger partial charge in [-0.15, -0.1) is 0 Å². The molecule has 1 spiro atoms. The number of rotatable bonds is 3. The normalized spacial score (nSPS) is 48.0. The van der Waals surface area contributed by atoms with Crippen molar-refractivity contribution in [2.75, 3.05) is 7.11 Å². The molecule has 0 aromatic heterocycles. The van der Waals surface area contributed by atoms with Crippen LogP contribution in [0.15, 0.2) is 12.2 Å². The van der Waals surface area contributed by atoms with E-state index in [1.165, 1.54) is 31.3 Å². The van der Waals surface area contributed by atoms with Gasteiger partial charge in [0.15, 0.2) is 8.32 Å². The molecule has 0 amide bonds. The Morgan fingerprint density at radius 1 is 1.14 bits per heavy atom. The van der Waals surface area contributed by atoms with Crippen molar-refractivity contribution in [1.82, 2.24) is 0 Å². The standard InChI is InChI=1S/C24H40O3Si/c1-16-14-24-15-17(16)9-10-18(24)22(2)11-8-12-23(3,21(25)26-4)19(22)13-20(24)27-28(5,6)7/h17-20H,1,8-15H2,2-7H3/t17-,18-,19-,20-,22-,23+,24-/m1/s1. The molecule has 0 aromatic carbocycles. The van der Waals surface area contributed by atoms with Crippen LogP contribution in [0.4, 0.5) is 0 Å². The van der Waals surface area contributed by atoms with Crippen molar-refractivity contribution in [3.05, 3.63) is 12.2 Å². The summed E-state index contributed by atoms with van der Waals surface area (Å²) < 4.78 is 12.3. The Bertz CT molecular complexity index is 682. The average Bonchev–Trinajstić information content (AvgIpc) is 2.85. The van der Waals surface area contributed by atoms with Crippen LogP contribution in [0, 0.1) is 34.0 Å². The van der Waals surface area contributed by atoms with E-state index in [1.54, 1.807) is 7.11 Å². The molecule has 4 fully saturated rings. The molecule has 28 heavy (non-hydrogen) atoms. The van der Waals surface area contributed by atoms with Gasteiger partial charge in [0, 0.05) is 5.41 Å². The fourth-order valence-corrected chi connectivity index (χ4v) is 9.49. The molecule has 4 aliphatic carbocycles. The van der Waals surface area contributed by atoms with Gasteiger partial charge in [-0.05, 0) is 94.7 Å². The second-order valence-corrected chi connectivity index (χ2v) is 16.3. The molecular formula is C24H40O3Si. The van der Waals surface area contributed by atoms with Crippen molar-refractivity contribution < 1.29 is 14.0 Å². The van der Waals surface area contributed by atoms with Gasteiger partial charge in [-0.1, -0.05) is 25.5 Å². The number of hydrogen-bond acceptors (Lipinski definition) is 3. The smallest absolute Gasteiger partial charge is 0.311 e. The van der Waals surface area contributed by atoms with Crippen LogP contribution in [0.3, 0.4) is 0 Å². The van der Waals surface area contributed by atoms with Gasteiger partial charge >= 0.3 is 5.97 Å². The summed E-state index contributed by atoms with van der Waals surface area (Å²) in [4.78, 5) is 13.0. The Morgan fingerprint density at radius 2 is 1.86 bits per heavy atom. The Hall–Kier alpha value is -0.613. The molecule has 0 aromatic rings. The highest BCUT2D eigenvalue weighted by Gasteiger charge is 2.68. The first-order valence-electron chi connectivity index (χ1n) is 11.4. The molecule has 4 rings (SSSR count). The first-order chi connectivity index (χ1) is 13.0. The first kappa shape index (κ1) is 20.7. The van der Waals surface area contributed by atoms with E-state index in [0.29, 0.717) is 17.8 Å². The quantitative estimate of drug-likeness (QED) is 0.331. The lowest BCUT2D eigenvalue weighted by Gasteiger charge is -2.66. The zero-order chi connectivity index (χ0) is 20.5. The average molecular weight is 405 g/mol. The molecule has 0 aliphatic heterocycles. The van der Waals surface area contributed by atoms with E-state index in [-0.39, 0.29) is 28.3 Å². The minimum Gasteiger partial charge on any atom is -0.469 e. The van der Waals surface area contributed by atoms with Gasteiger partial charge in [0.1, 0.15) is 0 Å². The predicted molar refractivity (Wildman–Crippen MR) is 115 cm³/mol. The van der Waals surface area contributed by atoms with E-state index < -0.39 is 8.32 Å². The SMILES string of the molecule is C=C1C[C@@]23C[C@H]1CC[C@@H]2[C@@]1(C)CCC[C@](C)(C(=O)OC)[C@@H]1C[C@H]3O[Si](C)(C)C. The van der Waals surface area contributed by atoms with E-state index in [0.717, 1.165) is 25.7 Å². The number of hydrogen-bond donors (Lipinski definition) is 0. The number of carbonyl (C=O) groups excluding carboxylic acids is 1. The zero-order valence-electron chi connectivity index (χ0n) is 18.9. The minimum absolute atomic E-state index is 0.00403. The number of methoxy groups -OCH3 is 1. The van der Waals surface area contributed by atoms with Gasteiger partial charge in [-0.25, -0.2) is 0 Å². The van der Waals surface area contributed by atoms with Crippen LogP contribution in [0.1, 0.15) is 65.2 Å². The van der Waals surface area contributed by atoms with Crippen LogP contribution >= 0.6 is 0 Å². The molecule has 0 heterocycles. The summed E-state index contributed by atoms with van der Waals surface area (Å²) in [6.45, 7) is 16.1. The molecule has 2 bridgehead atoms. The predicted octanol–water partition coefficient (Wildman–Crippen LogP) is 5.96. The van der Waals surface area contributed by atoms with Crippen molar-refractivity contribution >= 4 is 14.3 Å². The molecule has 4 saturated carbocycles. The molecule has 3 nitrogen and oxygen atoms in total. The summed E-state index contributed by atoms with van der Waals surface area (Å²) in [5.41, 5.74) is 1.55. The van der Waals surface area contributed by atoms with E-state index in [2.05, 4.69) is 40.1 Å². The number of carbonyl (C=O) groups is 1. The van der Waals surface area contributed by atoms with Crippen LogP contribution < -0.4 is 0 Å². The van der Waals surface area contributed by atoms with Crippen LogP contribution in [0.25, 0.3) is 0 Å². The van der Waals surface area contributed by atoms with Crippen LogP contribution in [-0.4, -0.2) is 27.5 Å². The Morgan fingerprint density at radius 3 is 2.50 bits per heavy atom. The Balaban J connectivity index is 1.81. The monoisotopic (exact) mass is 404 g/mol. The topological polar surface area (TPSA) is 35.5 Å².